The van der Waals surface area contributed by atoms with Crippen LogP contribution in [0.1, 0.15) is 20.3 Å². The minimum atomic E-state index is 0.514. The minimum Gasteiger partial charge on any atom is -0.316 e. The van der Waals surface area contributed by atoms with Gasteiger partial charge < -0.3 is 5.32 Å². The Hall–Kier alpha value is 0.310. The second kappa shape index (κ2) is 3.14. The second-order valence-corrected chi connectivity index (χ2v) is 4.80. The Bertz CT molecular complexity index is 112. The summed E-state index contributed by atoms with van der Waals surface area (Å²) < 4.78 is 0. The van der Waals surface area contributed by atoms with Crippen molar-refractivity contribution in [2.45, 2.75) is 26.3 Å². The molecule has 0 saturated carbocycles. The summed E-state index contributed by atoms with van der Waals surface area (Å²) in [6.07, 6.45) is 1.35. The van der Waals surface area contributed by atoms with Crippen LogP contribution in [-0.2, 0) is 0 Å². The van der Waals surface area contributed by atoms with Crippen LogP contribution in [0.15, 0.2) is 0 Å². The summed E-state index contributed by atoms with van der Waals surface area (Å²) in [7, 11) is 2.07. The lowest BCUT2D eigenvalue weighted by molar-refractivity contribution is 0.257. The largest absolute Gasteiger partial charge is 0.316 e. The Morgan fingerprint density at radius 1 is 1.50 bits per heavy atom. The molecule has 0 aromatic heterocycles. The van der Waals surface area contributed by atoms with Crippen molar-refractivity contribution in [2.75, 3.05) is 18.6 Å². The predicted molar refractivity (Wildman–Crippen MR) is 48.6 cm³/mol. The number of hydrogen-bond acceptors (Lipinski definition) is 2. The summed E-state index contributed by atoms with van der Waals surface area (Å²) >= 11 is 2.07. The molecular formula is C8H17NS. The maximum Gasteiger partial charge on any atom is 0.0206 e. The summed E-state index contributed by atoms with van der Waals surface area (Å²) in [6, 6.07) is 0.714. The average Bonchev–Trinajstić information content (AvgIpc) is 1.87. The van der Waals surface area contributed by atoms with Gasteiger partial charge in [-0.25, -0.2) is 0 Å². The van der Waals surface area contributed by atoms with Crippen LogP contribution in [0.25, 0.3) is 0 Å². The molecule has 1 nitrogen and oxygen atoms in total. The van der Waals surface area contributed by atoms with Crippen LogP contribution in [0.2, 0.25) is 0 Å². The summed E-state index contributed by atoms with van der Waals surface area (Å²) in [5.74, 6) is 2.62. The Labute approximate surface area is 68.0 Å². The van der Waals surface area contributed by atoms with Crippen LogP contribution in [0.4, 0.5) is 0 Å². The number of nitrogens with one attached hydrogen (secondary N) is 1. The van der Waals surface area contributed by atoms with E-state index in [9.17, 15) is 0 Å². The topological polar surface area (TPSA) is 12.0 Å². The van der Waals surface area contributed by atoms with Crippen LogP contribution in [0.5, 0.6) is 0 Å². The molecule has 1 heterocycles. The Morgan fingerprint density at radius 3 is 2.60 bits per heavy atom. The zero-order valence-corrected chi connectivity index (χ0v) is 7.92. The van der Waals surface area contributed by atoms with Crippen LogP contribution >= 0.6 is 11.8 Å². The zero-order chi connectivity index (χ0) is 7.61. The van der Waals surface area contributed by atoms with Gasteiger partial charge in [0, 0.05) is 11.8 Å². The van der Waals surface area contributed by atoms with Gasteiger partial charge in [0.2, 0.25) is 0 Å². The van der Waals surface area contributed by atoms with E-state index in [1.54, 1.807) is 0 Å². The molecule has 1 rings (SSSR count). The molecule has 2 heteroatoms. The monoisotopic (exact) mass is 159 g/mol. The van der Waals surface area contributed by atoms with E-state index < -0.39 is 0 Å². The quantitative estimate of drug-likeness (QED) is 0.625. The zero-order valence-electron chi connectivity index (χ0n) is 7.11. The van der Waals surface area contributed by atoms with Crippen molar-refractivity contribution in [2.24, 2.45) is 5.41 Å². The molecule has 0 amide bonds. The first-order valence-corrected chi connectivity index (χ1v) is 5.07. The van der Waals surface area contributed by atoms with Crippen molar-refractivity contribution in [1.29, 1.82) is 0 Å². The lowest BCUT2D eigenvalue weighted by atomic mass is 9.82. The van der Waals surface area contributed by atoms with Gasteiger partial charge in [0.25, 0.3) is 0 Å². The smallest absolute Gasteiger partial charge is 0.0206 e. The van der Waals surface area contributed by atoms with Gasteiger partial charge >= 0.3 is 0 Å². The molecule has 0 aromatic rings. The third-order valence-electron chi connectivity index (χ3n) is 2.47. The van der Waals surface area contributed by atoms with Gasteiger partial charge in [-0.3, -0.25) is 0 Å². The van der Waals surface area contributed by atoms with Crippen LogP contribution < -0.4 is 5.32 Å². The van der Waals surface area contributed by atoms with Gasteiger partial charge in [0.15, 0.2) is 0 Å². The van der Waals surface area contributed by atoms with E-state index in [1.807, 2.05) is 0 Å². The summed E-state index contributed by atoms with van der Waals surface area (Å²) in [5, 5.41) is 3.37. The van der Waals surface area contributed by atoms with Crippen LogP contribution in [-0.4, -0.2) is 24.6 Å². The SMILES string of the molecule is CNC1CSCCC1(C)C. The van der Waals surface area contributed by atoms with E-state index in [0.717, 1.165) is 0 Å². The molecule has 1 aliphatic heterocycles. The molecule has 60 valence electrons. The van der Waals surface area contributed by atoms with E-state index in [2.05, 4.69) is 38.0 Å². The third-order valence-corrected chi connectivity index (χ3v) is 3.53. The van der Waals surface area contributed by atoms with Gasteiger partial charge in [0.1, 0.15) is 0 Å². The van der Waals surface area contributed by atoms with Gasteiger partial charge in [-0.1, -0.05) is 13.8 Å². The molecule has 0 spiro atoms. The number of thioether (sulfide) groups is 1. The van der Waals surface area contributed by atoms with Gasteiger partial charge in [-0.2, -0.15) is 11.8 Å². The van der Waals surface area contributed by atoms with Crippen LogP contribution in [0.3, 0.4) is 0 Å². The molecule has 1 N–H and O–H groups in total. The van der Waals surface area contributed by atoms with Crippen LogP contribution in [0, 0.1) is 5.41 Å². The highest BCUT2D eigenvalue weighted by Gasteiger charge is 2.30. The highest BCUT2D eigenvalue weighted by Crippen LogP contribution is 2.33. The molecule has 0 aliphatic carbocycles. The van der Waals surface area contributed by atoms with E-state index >= 15 is 0 Å². The molecule has 1 unspecified atom stereocenters. The van der Waals surface area contributed by atoms with E-state index in [-0.39, 0.29) is 0 Å². The molecule has 1 atom stereocenters. The molecule has 0 bridgehead atoms. The Morgan fingerprint density at radius 2 is 2.20 bits per heavy atom. The van der Waals surface area contributed by atoms with Gasteiger partial charge in [0.05, 0.1) is 0 Å². The van der Waals surface area contributed by atoms with E-state index in [1.165, 1.54) is 17.9 Å². The van der Waals surface area contributed by atoms with Crippen molar-refractivity contribution in [3.63, 3.8) is 0 Å². The number of rotatable bonds is 1. The summed E-state index contributed by atoms with van der Waals surface area (Å²) in [4.78, 5) is 0. The maximum absolute atomic E-state index is 3.37. The lowest BCUT2D eigenvalue weighted by Crippen LogP contribution is -2.44. The molecule has 10 heavy (non-hydrogen) atoms. The maximum atomic E-state index is 3.37. The molecule has 0 radical (unpaired) electrons. The fourth-order valence-corrected chi connectivity index (χ4v) is 3.10. The predicted octanol–water partition coefficient (Wildman–Crippen LogP) is 1.74. The van der Waals surface area contributed by atoms with Crippen molar-refractivity contribution < 1.29 is 0 Å². The Kier molecular flexibility index (Phi) is 2.64. The standard InChI is InChI=1S/C8H17NS/c1-8(2)4-5-10-6-7(8)9-3/h7,9H,4-6H2,1-3H3. The Balaban J connectivity index is 2.51. The third kappa shape index (κ3) is 1.67. The molecule has 1 aliphatic rings. The van der Waals surface area contributed by atoms with E-state index in [0.29, 0.717) is 11.5 Å². The summed E-state index contributed by atoms with van der Waals surface area (Å²) in [5.41, 5.74) is 0.514. The van der Waals surface area contributed by atoms with Gasteiger partial charge in [-0.15, -0.1) is 0 Å². The minimum absolute atomic E-state index is 0.514. The number of hydrogen-bond donors (Lipinski definition) is 1. The van der Waals surface area contributed by atoms with Crippen molar-refractivity contribution >= 4 is 11.8 Å². The summed E-state index contributed by atoms with van der Waals surface area (Å²) in [6.45, 7) is 4.71. The van der Waals surface area contributed by atoms with Gasteiger partial charge in [-0.05, 0) is 24.6 Å². The molecule has 1 saturated heterocycles. The first kappa shape index (κ1) is 8.41. The highest BCUT2D eigenvalue weighted by atomic mass is 32.2. The second-order valence-electron chi connectivity index (χ2n) is 3.65. The fraction of sp³-hybridized carbons (Fsp3) is 1.00. The first-order chi connectivity index (χ1) is 4.67. The molecule has 0 aromatic carbocycles. The van der Waals surface area contributed by atoms with Crippen molar-refractivity contribution in [3.05, 3.63) is 0 Å². The molecule has 1 fully saturated rings. The fourth-order valence-electron chi connectivity index (χ4n) is 1.41. The average molecular weight is 159 g/mol. The first-order valence-electron chi connectivity index (χ1n) is 3.92. The lowest BCUT2D eigenvalue weighted by Gasteiger charge is -2.37. The molecular weight excluding hydrogens is 142 g/mol. The highest BCUT2D eigenvalue weighted by molar-refractivity contribution is 7.99. The normalized spacial score (nSPS) is 32.1. The van der Waals surface area contributed by atoms with Crippen molar-refractivity contribution in [3.8, 4) is 0 Å². The van der Waals surface area contributed by atoms with E-state index in [4.69, 9.17) is 0 Å². The van der Waals surface area contributed by atoms with Crippen molar-refractivity contribution in [1.82, 2.24) is 5.32 Å².